The molecule has 1 aromatic carbocycles. The number of aliphatic hydroxyl groups excluding tert-OH is 1. The van der Waals surface area contributed by atoms with E-state index in [9.17, 15) is 4.79 Å². The van der Waals surface area contributed by atoms with E-state index in [2.05, 4.69) is 29.5 Å². The zero-order valence-electron chi connectivity index (χ0n) is 14.5. The number of aliphatic hydroxyl groups is 1. The van der Waals surface area contributed by atoms with E-state index < -0.39 is 0 Å². The van der Waals surface area contributed by atoms with Gasteiger partial charge in [-0.05, 0) is 42.7 Å². The largest absolute Gasteiger partial charge is 0.395 e. The van der Waals surface area contributed by atoms with Gasteiger partial charge in [0.25, 0.3) is 5.91 Å². The van der Waals surface area contributed by atoms with Crippen LogP contribution < -0.4 is 10.6 Å². The summed E-state index contributed by atoms with van der Waals surface area (Å²) in [6.45, 7) is 6.94. The number of nitrogens with zero attached hydrogens (tertiary/aromatic N) is 1. The summed E-state index contributed by atoms with van der Waals surface area (Å²) in [5.74, 6) is 0.218. The van der Waals surface area contributed by atoms with Gasteiger partial charge in [-0.15, -0.1) is 0 Å². The minimum Gasteiger partial charge on any atom is -0.395 e. The first-order valence-corrected chi connectivity index (χ1v) is 8.21. The Bertz CT molecular complexity index is 699. The van der Waals surface area contributed by atoms with Crippen LogP contribution in [0.15, 0.2) is 36.4 Å². The summed E-state index contributed by atoms with van der Waals surface area (Å²) >= 11 is 0. The lowest BCUT2D eigenvalue weighted by atomic mass is 10.1. The van der Waals surface area contributed by atoms with Crippen molar-refractivity contribution in [1.29, 1.82) is 0 Å². The second-order valence-corrected chi connectivity index (χ2v) is 6.02. The Labute approximate surface area is 143 Å². The van der Waals surface area contributed by atoms with Crippen molar-refractivity contribution >= 4 is 11.6 Å². The van der Waals surface area contributed by atoms with Crippen molar-refractivity contribution in [1.82, 2.24) is 10.3 Å². The van der Waals surface area contributed by atoms with E-state index in [0.29, 0.717) is 18.0 Å². The van der Waals surface area contributed by atoms with Crippen molar-refractivity contribution in [3.8, 4) is 0 Å². The van der Waals surface area contributed by atoms with E-state index in [1.54, 1.807) is 6.07 Å². The predicted octanol–water partition coefficient (Wildman–Crippen LogP) is 2.85. The maximum atomic E-state index is 12.1. The molecule has 5 heteroatoms. The molecule has 0 saturated carbocycles. The molecule has 0 saturated heterocycles. The van der Waals surface area contributed by atoms with Crippen molar-refractivity contribution < 1.29 is 9.90 Å². The molecule has 0 atom stereocenters. The highest BCUT2D eigenvalue weighted by Crippen LogP contribution is 2.20. The van der Waals surface area contributed by atoms with E-state index in [4.69, 9.17) is 5.11 Å². The summed E-state index contributed by atoms with van der Waals surface area (Å²) in [7, 11) is 0. The molecule has 128 valence electrons. The van der Waals surface area contributed by atoms with Crippen LogP contribution in [-0.4, -0.2) is 29.1 Å². The number of hydrogen-bond donors (Lipinski definition) is 3. The third-order valence-corrected chi connectivity index (χ3v) is 3.86. The van der Waals surface area contributed by atoms with Crippen LogP contribution in [0.5, 0.6) is 0 Å². The van der Waals surface area contributed by atoms with Gasteiger partial charge in [-0.3, -0.25) is 9.78 Å². The monoisotopic (exact) mass is 327 g/mol. The minimum absolute atomic E-state index is 0.0689. The van der Waals surface area contributed by atoms with Crippen LogP contribution in [0.25, 0.3) is 0 Å². The molecule has 0 fully saturated rings. The SMILES string of the molecule is Cc1c(NCc2cccc(C(C)C)n2)cccc1C(=O)NCCO. The van der Waals surface area contributed by atoms with Crippen LogP contribution in [0.3, 0.4) is 0 Å². The number of amides is 1. The number of nitrogens with one attached hydrogen (secondary N) is 2. The molecule has 3 N–H and O–H groups in total. The van der Waals surface area contributed by atoms with Gasteiger partial charge in [0.15, 0.2) is 0 Å². The number of aromatic nitrogens is 1. The number of pyridine rings is 1. The van der Waals surface area contributed by atoms with Crippen molar-refractivity contribution in [2.45, 2.75) is 33.2 Å². The maximum absolute atomic E-state index is 12.1. The van der Waals surface area contributed by atoms with Crippen molar-refractivity contribution in [3.05, 3.63) is 58.9 Å². The van der Waals surface area contributed by atoms with E-state index in [1.807, 2.05) is 37.3 Å². The Morgan fingerprint density at radius 1 is 1.21 bits per heavy atom. The van der Waals surface area contributed by atoms with Crippen molar-refractivity contribution in [3.63, 3.8) is 0 Å². The van der Waals surface area contributed by atoms with Crippen LogP contribution in [0, 0.1) is 6.92 Å². The van der Waals surface area contributed by atoms with Crippen molar-refractivity contribution in [2.24, 2.45) is 0 Å². The molecule has 2 aromatic rings. The third kappa shape index (κ3) is 4.55. The quantitative estimate of drug-likeness (QED) is 0.731. The van der Waals surface area contributed by atoms with Gasteiger partial charge in [0.1, 0.15) is 0 Å². The van der Waals surface area contributed by atoms with Gasteiger partial charge in [-0.1, -0.05) is 26.0 Å². The Hall–Kier alpha value is -2.40. The molecule has 0 aliphatic rings. The van der Waals surface area contributed by atoms with E-state index in [-0.39, 0.29) is 19.1 Å². The molecular formula is C19H25N3O2. The summed E-state index contributed by atoms with van der Waals surface area (Å²) in [6, 6.07) is 11.6. The zero-order chi connectivity index (χ0) is 17.5. The summed E-state index contributed by atoms with van der Waals surface area (Å²) in [6.07, 6.45) is 0. The predicted molar refractivity (Wildman–Crippen MR) is 96.3 cm³/mol. The van der Waals surface area contributed by atoms with Crippen LogP contribution in [0.2, 0.25) is 0 Å². The highest BCUT2D eigenvalue weighted by molar-refractivity contribution is 5.97. The Morgan fingerprint density at radius 3 is 2.67 bits per heavy atom. The summed E-state index contributed by atoms with van der Waals surface area (Å²) in [5.41, 5.74) is 4.44. The van der Waals surface area contributed by atoms with E-state index >= 15 is 0 Å². The fourth-order valence-electron chi connectivity index (χ4n) is 2.44. The average molecular weight is 327 g/mol. The summed E-state index contributed by atoms with van der Waals surface area (Å²) < 4.78 is 0. The number of rotatable bonds is 7. The molecule has 2 rings (SSSR count). The fourth-order valence-corrected chi connectivity index (χ4v) is 2.44. The molecule has 0 radical (unpaired) electrons. The van der Waals surface area contributed by atoms with Gasteiger partial charge in [-0.25, -0.2) is 0 Å². The lowest BCUT2D eigenvalue weighted by Crippen LogP contribution is -2.27. The van der Waals surface area contributed by atoms with Crippen LogP contribution in [0.4, 0.5) is 5.69 Å². The third-order valence-electron chi connectivity index (χ3n) is 3.86. The van der Waals surface area contributed by atoms with Crippen LogP contribution in [0.1, 0.15) is 47.1 Å². The van der Waals surface area contributed by atoms with Gasteiger partial charge in [0.05, 0.1) is 18.8 Å². The summed E-state index contributed by atoms with van der Waals surface area (Å²) in [5, 5.41) is 14.9. The van der Waals surface area contributed by atoms with Gasteiger partial charge in [-0.2, -0.15) is 0 Å². The lowest BCUT2D eigenvalue weighted by molar-refractivity contribution is 0.0944. The molecular weight excluding hydrogens is 302 g/mol. The smallest absolute Gasteiger partial charge is 0.251 e. The van der Waals surface area contributed by atoms with Crippen molar-refractivity contribution in [2.75, 3.05) is 18.5 Å². The van der Waals surface area contributed by atoms with E-state index in [1.165, 1.54) is 0 Å². The van der Waals surface area contributed by atoms with E-state index in [0.717, 1.165) is 22.6 Å². The minimum atomic E-state index is -0.176. The fraction of sp³-hybridized carbons (Fsp3) is 0.368. The molecule has 0 spiro atoms. The van der Waals surface area contributed by atoms with Gasteiger partial charge < -0.3 is 15.7 Å². The van der Waals surface area contributed by atoms with Crippen LogP contribution >= 0.6 is 0 Å². The first-order chi connectivity index (χ1) is 11.5. The molecule has 0 bridgehead atoms. The zero-order valence-corrected chi connectivity index (χ0v) is 14.5. The van der Waals surface area contributed by atoms with Crippen LogP contribution in [-0.2, 0) is 6.54 Å². The van der Waals surface area contributed by atoms with Gasteiger partial charge in [0, 0.05) is 23.5 Å². The number of carbonyl (C=O) groups excluding carboxylic acids is 1. The molecule has 1 heterocycles. The highest BCUT2D eigenvalue weighted by atomic mass is 16.3. The molecule has 0 aliphatic carbocycles. The number of benzene rings is 1. The second kappa shape index (κ2) is 8.45. The molecule has 5 nitrogen and oxygen atoms in total. The summed E-state index contributed by atoms with van der Waals surface area (Å²) in [4.78, 5) is 16.8. The highest BCUT2D eigenvalue weighted by Gasteiger charge is 2.11. The molecule has 1 amide bonds. The molecule has 24 heavy (non-hydrogen) atoms. The number of carbonyl (C=O) groups is 1. The first-order valence-electron chi connectivity index (χ1n) is 8.21. The maximum Gasteiger partial charge on any atom is 0.251 e. The molecule has 0 aliphatic heterocycles. The Kier molecular flexibility index (Phi) is 6.32. The molecule has 0 unspecified atom stereocenters. The lowest BCUT2D eigenvalue weighted by Gasteiger charge is -2.14. The second-order valence-electron chi connectivity index (χ2n) is 6.02. The average Bonchev–Trinajstić information content (AvgIpc) is 2.59. The normalized spacial score (nSPS) is 10.7. The molecule has 1 aromatic heterocycles. The topological polar surface area (TPSA) is 74.2 Å². The standard InChI is InChI=1S/C19H25N3O2/c1-13(2)17-8-4-6-15(22-17)12-21-18-9-5-7-16(14(18)3)19(24)20-10-11-23/h4-9,13,21,23H,10-12H2,1-3H3,(H,20,24). The van der Waals surface area contributed by atoms with Gasteiger partial charge in [0.2, 0.25) is 0 Å². The van der Waals surface area contributed by atoms with Gasteiger partial charge >= 0.3 is 0 Å². The number of anilines is 1. The first kappa shape index (κ1) is 17.9. The Morgan fingerprint density at radius 2 is 1.96 bits per heavy atom. The number of hydrogen-bond acceptors (Lipinski definition) is 4. The Balaban J connectivity index is 2.10.